The first-order valence-corrected chi connectivity index (χ1v) is 14.1. The smallest absolute Gasteiger partial charge is 0.227 e. The maximum absolute atomic E-state index is 14.1. The van der Waals surface area contributed by atoms with E-state index in [4.69, 9.17) is 20.7 Å². The average Bonchev–Trinajstić information content (AvgIpc) is 3.58. The molecule has 3 aliphatic rings. The van der Waals surface area contributed by atoms with Crippen LogP contribution in [0.4, 0.5) is 16.2 Å². The fraction of sp³-hybridized carbons (Fsp3) is 0.607. The first-order chi connectivity index (χ1) is 18.1. The lowest BCUT2D eigenvalue weighted by Gasteiger charge is -2.32. The fourth-order valence-electron chi connectivity index (χ4n) is 6.33. The molecule has 2 saturated carbocycles. The van der Waals surface area contributed by atoms with Crippen molar-refractivity contribution in [2.45, 2.75) is 88.8 Å². The summed E-state index contributed by atoms with van der Waals surface area (Å²) >= 11 is 0. The minimum absolute atomic E-state index is 0. The van der Waals surface area contributed by atoms with Gasteiger partial charge in [-0.3, -0.25) is 0 Å². The lowest BCUT2D eigenvalue weighted by Crippen LogP contribution is -2.39. The molecule has 40 heavy (non-hydrogen) atoms. The summed E-state index contributed by atoms with van der Waals surface area (Å²) in [5.74, 6) is 1.83. The van der Waals surface area contributed by atoms with Crippen LogP contribution < -0.4 is 16.5 Å². The zero-order chi connectivity index (χ0) is 25.2. The van der Waals surface area contributed by atoms with Crippen LogP contribution in [0.2, 0.25) is 0 Å². The first-order valence-electron chi connectivity index (χ1n) is 14.1. The summed E-state index contributed by atoms with van der Waals surface area (Å²) in [4.78, 5) is 14.7. The first kappa shape index (κ1) is 32.6. The van der Waals surface area contributed by atoms with Crippen LogP contribution in [0, 0.1) is 11.7 Å². The Kier molecular flexibility index (Phi) is 12.1. The van der Waals surface area contributed by atoms with E-state index in [1.54, 1.807) is 12.1 Å². The number of hydrogen-bond acceptors (Lipinski definition) is 7. The van der Waals surface area contributed by atoms with Gasteiger partial charge in [-0.1, -0.05) is 31.0 Å². The molecule has 0 bridgehead atoms. The largest absolute Gasteiger partial charge is 0.351 e. The van der Waals surface area contributed by atoms with Crippen LogP contribution in [0.5, 0.6) is 0 Å². The number of hydrogen-bond donors (Lipinski definition) is 3. The maximum Gasteiger partial charge on any atom is 0.227 e. The summed E-state index contributed by atoms with van der Waals surface area (Å²) in [6.45, 7) is 1.77. The quantitative estimate of drug-likeness (QED) is 0.287. The summed E-state index contributed by atoms with van der Waals surface area (Å²) in [5, 5.41) is 5.84. The summed E-state index contributed by atoms with van der Waals surface area (Å²) < 4.78 is 16.4. The molecule has 2 aliphatic carbocycles. The minimum atomic E-state index is -0.0933. The Morgan fingerprint density at radius 3 is 2.30 bits per heavy atom. The Balaban J connectivity index is 0.00000147. The van der Waals surface area contributed by atoms with Gasteiger partial charge in [0.25, 0.3) is 0 Å². The standard InChI is InChI=1S/C28H39FN8.3ClH/c29-24-8-4-1-5-20(24)17-19-13-15-36(16-14-19)35-26-25-27(37(18-31-25)23-6-2-3-7-23)34-28(33-26)32-22-11-9-21(30)10-12-22;;;/h1,4-5,8,18-19,21-23H,2-3,6-7,9-17,30H2,(H2,32,33,34,35);3*1H. The Labute approximate surface area is 254 Å². The highest BCUT2D eigenvalue weighted by Crippen LogP contribution is 2.34. The molecule has 3 heterocycles. The number of aromatic nitrogens is 4. The number of piperidine rings is 1. The normalized spacial score (nSPS) is 22.2. The van der Waals surface area contributed by atoms with Crippen molar-refractivity contribution in [1.82, 2.24) is 24.5 Å². The van der Waals surface area contributed by atoms with E-state index < -0.39 is 0 Å². The summed E-state index contributed by atoms with van der Waals surface area (Å²) in [6, 6.07) is 8.27. The SMILES string of the molecule is Cl.Cl.Cl.NC1CCC(Nc2nc(NN3CCC(Cc4ccccc4F)CC3)c3ncn(C4CCCC4)c3n2)CC1. The number of hydrazine groups is 1. The molecule has 8 nitrogen and oxygen atoms in total. The summed E-state index contributed by atoms with van der Waals surface area (Å²) in [6.07, 6.45) is 13.8. The van der Waals surface area contributed by atoms with Crippen molar-refractivity contribution in [3.8, 4) is 0 Å². The number of nitrogens with two attached hydrogens (primary N) is 1. The minimum Gasteiger partial charge on any atom is -0.351 e. The van der Waals surface area contributed by atoms with Crippen LogP contribution in [0.3, 0.4) is 0 Å². The van der Waals surface area contributed by atoms with Crippen LogP contribution in [0.15, 0.2) is 30.6 Å². The third-order valence-electron chi connectivity index (χ3n) is 8.59. The predicted octanol–water partition coefficient (Wildman–Crippen LogP) is 6.31. The van der Waals surface area contributed by atoms with Crippen LogP contribution in [0.25, 0.3) is 11.2 Å². The van der Waals surface area contributed by atoms with E-state index in [9.17, 15) is 4.39 Å². The van der Waals surface area contributed by atoms with Crippen LogP contribution >= 0.6 is 37.2 Å². The van der Waals surface area contributed by atoms with Crippen molar-refractivity contribution in [2.75, 3.05) is 23.8 Å². The van der Waals surface area contributed by atoms with Crippen molar-refractivity contribution in [3.05, 3.63) is 42.0 Å². The lowest BCUT2D eigenvalue weighted by atomic mass is 9.90. The van der Waals surface area contributed by atoms with E-state index in [0.717, 1.165) is 80.6 Å². The van der Waals surface area contributed by atoms with Crippen LogP contribution in [0.1, 0.15) is 75.8 Å². The van der Waals surface area contributed by atoms with Crippen LogP contribution in [-0.2, 0) is 6.42 Å². The van der Waals surface area contributed by atoms with Gasteiger partial charge in [0.05, 0.1) is 6.33 Å². The highest BCUT2D eigenvalue weighted by atomic mass is 35.5. The van der Waals surface area contributed by atoms with Gasteiger partial charge in [-0.2, -0.15) is 9.97 Å². The van der Waals surface area contributed by atoms with Gasteiger partial charge in [-0.05, 0) is 75.3 Å². The van der Waals surface area contributed by atoms with E-state index in [0.29, 0.717) is 30.0 Å². The van der Waals surface area contributed by atoms with Gasteiger partial charge < -0.3 is 21.0 Å². The van der Waals surface area contributed by atoms with Gasteiger partial charge in [0.15, 0.2) is 17.0 Å². The molecule has 3 fully saturated rings. The molecule has 0 unspecified atom stereocenters. The molecule has 2 aromatic heterocycles. The van der Waals surface area contributed by atoms with E-state index in [1.807, 2.05) is 18.5 Å². The number of nitrogens with one attached hydrogen (secondary N) is 2. The van der Waals surface area contributed by atoms with Crippen molar-refractivity contribution in [2.24, 2.45) is 11.7 Å². The van der Waals surface area contributed by atoms with Gasteiger partial charge >= 0.3 is 0 Å². The highest BCUT2D eigenvalue weighted by Gasteiger charge is 2.26. The molecule has 3 aromatic rings. The molecule has 12 heteroatoms. The van der Waals surface area contributed by atoms with Gasteiger partial charge in [-0.25, -0.2) is 14.4 Å². The summed E-state index contributed by atoms with van der Waals surface area (Å²) in [7, 11) is 0. The Hall–Kier alpha value is -1.91. The van der Waals surface area contributed by atoms with Crippen molar-refractivity contribution < 1.29 is 4.39 Å². The highest BCUT2D eigenvalue weighted by molar-refractivity contribution is 5.86. The molecule has 0 spiro atoms. The zero-order valence-electron chi connectivity index (χ0n) is 22.8. The van der Waals surface area contributed by atoms with Crippen molar-refractivity contribution in [3.63, 3.8) is 0 Å². The fourth-order valence-corrected chi connectivity index (χ4v) is 6.33. The monoisotopic (exact) mass is 614 g/mol. The van der Waals surface area contributed by atoms with Gasteiger partial charge in [0, 0.05) is 31.2 Å². The second-order valence-electron chi connectivity index (χ2n) is 11.3. The number of fused-ring (bicyclic) bond motifs is 1. The Morgan fingerprint density at radius 2 is 1.60 bits per heavy atom. The molecule has 0 amide bonds. The molecule has 0 atom stereocenters. The number of halogens is 4. The molecule has 6 rings (SSSR count). The predicted molar refractivity (Wildman–Crippen MR) is 166 cm³/mol. The number of rotatable bonds is 7. The Morgan fingerprint density at radius 1 is 0.900 bits per heavy atom. The number of benzene rings is 1. The second-order valence-corrected chi connectivity index (χ2v) is 11.3. The molecule has 1 aliphatic heterocycles. The van der Waals surface area contributed by atoms with Gasteiger partial charge in [0.1, 0.15) is 5.82 Å². The maximum atomic E-state index is 14.1. The summed E-state index contributed by atoms with van der Waals surface area (Å²) in [5.41, 5.74) is 12.3. The van der Waals surface area contributed by atoms with E-state index in [2.05, 4.69) is 20.3 Å². The third-order valence-corrected chi connectivity index (χ3v) is 8.59. The number of anilines is 2. The van der Waals surface area contributed by atoms with Gasteiger partial charge in [0.2, 0.25) is 5.95 Å². The molecular formula is C28H42Cl3FN8. The molecule has 1 saturated heterocycles. The van der Waals surface area contributed by atoms with Gasteiger partial charge in [-0.15, -0.1) is 37.2 Å². The lowest BCUT2D eigenvalue weighted by molar-refractivity contribution is 0.215. The molecule has 1 aromatic carbocycles. The average molecular weight is 616 g/mol. The van der Waals surface area contributed by atoms with Crippen molar-refractivity contribution in [1.29, 1.82) is 0 Å². The van der Waals surface area contributed by atoms with Crippen molar-refractivity contribution >= 4 is 60.2 Å². The molecule has 4 N–H and O–H groups in total. The van der Waals surface area contributed by atoms with Crippen LogP contribution in [-0.4, -0.2) is 49.7 Å². The molecule has 222 valence electrons. The topological polar surface area (TPSA) is 96.9 Å². The number of nitrogens with zero attached hydrogens (tertiary/aromatic N) is 5. The number of imidazole rings is 1. The van der Waals surface area contributed by atoms with E-state index in [1.165, 1.54) is 25.7 Å². The second kappa shape index (κ2) is 14.8. The molecular weight excluding hydrogens is 574 g/mol. The zero-order valence-corrected chi connectivity index (χ0v) is 25.3. The Bertz CT molecular complexity index is 1210. The third kappa shape index (κ3) is 7.48. The van der Waals surface area contributed by atoms with E-state index in [-0.39, 0.29) is 43.0 Å². The van der Waals surface area contributed by atoms with E-state index >= 15 is 0 Å². The molecule has 0 radical (unpaired) electrons.